The highest BCUT2D eigenvalue weighted by atomic mass is 16.5. The second-order valence-electron chi connectivity index (χ2n) is 5.85. The van der Waals surface area contributed by atoms with Crippen molar-refractivity contribution in [2.45, 2.75) is 32.2 Å². The number of ether oxygens (including phenoxy) is 1. The van der Waals surface area contributed by atoms with Gasteiger partial charge < -0.3 is 10.1 Å². The minimum absolute atomic E-state index is 0.0665. The van der Waals surface area contributed by atoms with Gasteiger partial charge in [-0.25, -0.2) is 9.48 Å². The molecule has 26 heavy (non-hydrogen) atoms. The summed E-state index contributed by atoms with van der Waals surface area (Å²) in [4.78, 5) is 39.8. The number of carbonyl (C=O) groups is 3. The number of amides is 2. The molecule has 1 atom stereocenters. The zero-order chi connectivity index (χ0) is 18.5. The van der Waals surface area contributed by atoms with Crippen LogP contribution in [0, 0.1) is 0 Å². The predicted octanol–water partition coefficient (Wildman–Crippen LogP) is 1.76. The molecule has 0 bridgehead atoms. The van der Waals surface area contributed by atoms with Crippen LogP contribution in [0.5, 0.6) is 0 Å². The third kappa shape index (κ3) is 3.88. The summed E-state index contributed by atoms with van der Waals surface area (Å²) in [5.41, 5.74) is 0.943. The molecule has 3 rings (SSSR count). The van der Waals surface area contributed by atoms with E-state index in [1.165, 1.54) is 11.0 Å². The van der Waals surface area contributed by atoms with Gasteiger partial charge in [0.25, 0.3) is 5.91 Å². The van der Waals surface area contributed by atoms with Crippen LogP contribution in [0.1, 0.15) is 42.6 Å². The Morgan fingerprint density at radius 2 is 2.08 bits per heavy atom. The normalized spacial score (nSPS) is 15.3. The molecule has 2 heterocycles. The molecule has 2 N–H and O–H groups in total. The van der Waals surface area contributed by atoms with E-state index in [2.05, 4.69) is 20.7 Å². The molecule has 136 valence electrons. The third-order valence-corrected chi connectivity index (χ3v) is 3.92. The van der Waals surface area contributed by atoms with Gasteiger partial charge in [0.05, 0.1) is 18.6 Å². The van der Waals surface area contributed by atoms with Crippen molar-refractivity contribution in [2.24, 2.45) is 0 Å². The van der Waals surface area contributed by atoms with Crippen molar-refractivity contribution in [1.29, 1.82) is 0 Å². The first-order chi connectivity index (χ1) is 12.6. The summed E-state index contributed by atoms with van der Waals surface area (Å²) in [6.45, 7) is 2.41. The summed E-state index contributed by atoms with van der Waals surface area (Å²) in [5, 5.41) is 9.20. The number of anilines is 2. The lowest BCUT2D eigenvalue weighted by atomic mass is 10.1. The van der Waals surface area contributed by atoms with Gasteiger partial charge in [0.2, 0.25) is 11.9 Å². The SMILES string of the molecule is CCCCOC(=O)c1ccc(NC(=O)C[C@H]2C(=O)Nc3ncnn32)cc1. The molecule has 0 spiro atoms. The first-order valence-corrected chi connectivity index (χ1v) is 8.36. The Morgan fingerprint density at radius 3 is 2.81 bits per heavy atom. The number of benzene rings is 1. The zero-order valence-electron chi connectivity index (χ0n) is 14.3. The molecule has 2 aromatic rings. The van der Waals surface area contributed by atoms with Crippen LogP contribution in [-0.4, -0.2) is 39.2 Å². The summed E-state index contributed by atoms with van der Waals surface area (Å²) >= 11 is 0. The molecule has 0 saturated carbocycles. The third-order valence-electron chi connectivity index (χ3n) is 3.92. The standard InChI is InChI=1S/C17H19N5O4/c1-2-3-8-26-16(25)11-4-6-12(7-5-11)20-14(23)9-13-15(24)21-17-18-10-19-22(13)17/h4-7,10,13H,2-3,8-9H2,1H3,(H,20,23)(H,18,19,21,24)/t13-/m0/s1. The first-order valence-electron chi connectivity index (χ1n) is 8.36. The number of hydrogen-bond donors (Lipinski definition) is 2. The van der Waals surface area contributed by atoms with Gasteiger partial charge in [-0.2, -0.15) is 10.1 Å². The van der Waals surface area contributed by atoms with Crippen molar-refractivity contribution in [1.82, 2.24) is 14.8 Å². The van der Waals surface area contributed by atoms with Crippen molar-refractivity contribution < 1.29 is 19.1 Å². The van der Waals surface area contributed by atoms with Crippen LogP contribution < -0.4 is 10.6 Å². The molecule has 0 fully saturated rings. The molecule has 0 radical (unpaired) electrons. The van der Waals surface area contributed by atoms with E-state index in [1.54, 1.807) is 24.3 Å². The van der Waals surface area contributed by atoms with Gasteiger partial charge in [0.15, 0.2) is 0 Å². The minimum atomic E-state index is -0.722. The summed E-state index contributed by atoms with van der Waals surface area (Å²) < 4.78 is 6.52. The van der Waals surface area contributed by atoms with Crippen LogP contribution in [0.15, 0.2) is 30.6 Å². The molecule has 9 nitrogen and oxygen atoms in total. The average molecular weight is 357 g/mol. The Bertz CT molecular complexity index is 815. The lowest BCUT2D eigenvalue weighted by molar-refractivity contribution is -0.123. The maximum atomic E-state index is 12.2. The van der Waals surface area contributed by atoms with E-state index in [-0.39, 0.29) is 18.2 Å². The Hall–Kier alpha value is -3.23. The van der Waals surface area contributed by atoms with Crippen molar-refractivity contribution in [3.8, 4) is 0 Å². The van der Waals surface area contributed by atoms with Crippen LogP contribution in [-0.2, 0) is 14.3 Å². The molecular weight excluding hydrogens is 338 g/mol. The lowest BCUT2D eigenvalue weighted by Crippen LogP contribution is -2.23. The highest BCUT2D eigenvalue weighted by Crippen LogP contribution is 2.24. The van der Waals surface area contributed by atoms with E-state index in [1.807, 2.05) is 6.92 Å². The quantitative estimate of drug-likeness (QED) is 0.576. The fourth-order valence-electron chi connectivity index (χ4n) is 2.52. The number of aromatic nitrogens is 3. The molecule has 0 saturated heterocycles. The zero-order valence-corrected chi connectivity index (χ0v) is 14.3. The van der Waals surface area contributed by atoms with Crippen LogP contribution in [0.4, 0.5) is 11.6 Å². The van der Waals surface area contributed by atoms with Crippen molar-refractivity contribution in [2.75, 3.05) is 17.2 Å². The van der Waals surface area contributed by atoms with E-state index in [4.69, 9.17) is 4.74 Å². The fourth-order valence-corrected chi connectivity index (χ4v) is 2.52. The van der Waals surface area contributed by atoms with Gasteiger partial charge >= 0.3 is 5.97 Å². The highest BCUT2D eigenvalue weighted by molar-refractivity contribution is 6.01. The number of fused-ring (bicyclic) bond motifs is 1. The number of nitrogens with one attached hydrogen (secondary N) is 2. The van der Waals surface area contributed by atoms with Gasteiger partial charge in [-0.15, -0.1) is 0 Å². The maximum absolute atomic E-state index is 12.2. The predicted molar refractivity (Wildman–Crippen MR) is 92.6 cm³/mol. The van der Waals surface area contributed by atoms with Gasteiger partial charge in [-0.3, -0.25) is 14.9 Å². The van der Waals surface area contributed by atoms with Crippen molar-refractivity contribution in [3.63, 3.8) is 0 Å². The Labute approximate surface area is 149 Å². The fraction of sp³-hybridized carbons (Fsp3) is 0.353. The van der Waals surface area contributed by atoms with E-state index < -0.39 is 12.0 Å². The van der Waals surface area contributed by atoms with Gasteiger partial charge in [0, 0.05) is 5.69 Å². The van der Waals surface area contributed by atoms with Crippen LogP contribution in [0.3, 0.4) is 0 Å². The molecule has 9 heteroatoms. The average Bonchev–Trinajstić information content (AvgIpc) is 3.18. The smallest absolute Gasteiger partial charge is 0.338 e. The monoisotopic (exact) mass is 357 g/mol. The second-order valence-corrected chi connectivity index (χ2v) is 5.85. The molecule has 1 aliphatic heterocycles. The lowest BCUT2D eigenvalue weighted by Gasteiger charge is -2.10. The number of esters is 1. The molecule has 1 aromatic heterocycles. The van der Waals surface area contributed by atoms with Gasteiger partial charge in [-0.1, -0.05) is 13.3 Å². The number of rotatable bonds is 7. The maximum Gasteiger partial charge on any atom is 0.338 e. The Morgan fingerprint density at radius 1 is 1.31 bits per heavy atom. The largest absolute Gasteiger partial charge is 0.462 e. The van der Waals surface area contributed by atoms with E-state index in [9.17, 15) is 14.4 Å². The molecular formula is C17H19N5O4. The van der Waals surface area contributed by atoms with Crippen LogP contribution >= 0.6 is 0 Å². The summed E-state index contributed by atoms with van der Waals surface area (Å²) in [6.07, 6.45) is 3.02. The topological polar surface area (TPSA) is 115 Å². The number of hydrogen-bond acceptors (Lipinski definition) is 6. The molecule has 1 aromatic carbocycles. The van der Waals surface area contributed by atoms with Gasteiger partial charge in [-0.05, 0) is 30.7 Å². The first kappa shape index (κ1) is 17.6. The van der Waals surface area contributed by atoms with E-state index >= 15 is 0 Å². The molecule has 2 amide bonds. The number of carbonyl (C=O) groups excluding carboxylic acids is 3. The van der Waals surface area contributed by atoms with E-state index in [0.717, 1.165) is 12.8 Å². The van der Waals surface area contributed by atoms with Gasteiger partial charge in [0.1, 0.15) is 12.4 Å². The molecule has 1 aliphatic rings. The highest BCUT2D eigenvalue weighted by Gasteiger charge is 2.33. The summed E-state index contributed by atoms with van der Waals surface area (Å²) in [7, 11) is 0. The van der Waals surface area contributed by atoms with Crippen molar-refractivity contribution in [3.05, 3.63) is 36.2 Å². The Balaban J connectivity index is 1.55. The molecule has 0 unspecified atom stereocenters. The number of unbranched alkanes of at least 4 members (excludes halogenated alkanes) is 1. The summed E-state index contributed by atoms with van der Waals surface area (Å²) in [5.74, 6) is -0.718. The minimum Gasteiger partial charge on any atom is -0.462 e. The Kier molecular flexibility index (Phi) is 5.26. The van der Waals surface area contributed by atoms with Crippen LogP contribution in [0.25, 0.3) is 0 Å². The second kappa shape index (κ2) is 7.77. The summed E-state index contributed by atoms with van der Waals surface area (Å²) in [6, 6.07) is 5.68. The molecule has 0 aliphatic carbocycles. The van der Waals surface area contributed by atoms with Crippen LogP contribution in [0.2, 0.25) is 0 Å². The van der Waals surface area contributed by atoms with Crippen molar-refractivity contribution >= 4 is 29.4 Å². The van der Waals surface area contributed by atoms with E-state index in [0.29, 0.717) is 23.8 Å². The number of nitrogens with zero attached hydrogens (tertiary/aromatic N) is 3.